The van der Waals surface area contributed by atoms with Gasteiger partial charge in [0.1, 0.15) is 0 Å². The fraction of sp³-hybridized carbons (Fsp3) is 0.667. The average molecular weight is 393 g/mol. The van der Waals surface area contributed by atoms with Gasteiger partial charge in [0.25, 0.3) is 0 Å². The molecule has 4 aliphatic carbocycles. The van der Waals surface area contributed by atoms with Crippen LogP contribution in [0.2, 0.25) is 10.0 Å². The fourth-order valence-electron chi connectivity index (χ4n) is 6.56. The van der Waals surface area contributed by atoms with Crippen LogP contribution in [0.25, 0.3) is 0 Å². The van der Waals surface area contributed by atoms with Crippen molar-refractivity contribution in [2.45, 2.75) is 38.5 Å². The molecule has 1 heterocycles. The molecule has 0 radical (unpaired) electrons. The molecule has 1 aromatic rings. The molecule has 5 aliphatic rings. The van der Waals surface area contributed by atoms with Crippen molar-refractivity contribution in [2.24, 2.45) is 23.2 Å². The minimum absolute atomic E-state index is 0.0134. The zero-order valence-electron chi connectivity index (χ0n) is 15.1. The number of anilines is 1. The number of rotatable bonds is 2. The lowest BCUT2D eigenvalue weighted by Crippen LogP contribution is -2.58. The van der Waals surface area contributed by atoms with Gasteiger partial charge in [-0.15, -0.1) is 0 Å². The first-order valence-corrected chi connectivity index (χ1v) is 10.8. The van der Waals surface area contributed by atoms with Crippen molar-refractivity contribution in [3.63, 3.8) is 0 Å². The number of piperazine rings is 1. The van der Waals surface area contributed by atoms with Gasteiger partial charge in [0, 0.05) is 31.9 Å². The number of benzene rings is 1. The first-order valence-electron chi connectivity index (χ1n) is 10.0. The van der Waals surface area contributed by atoms with Crippen molar-refractivity contribution in [2.75, 3.05) is 31.1 Å². The molecule has 4 saturated carbocycles. The van der Waals surface area contributed by atoms with Crippen LogP contribution >= 0.6 is 23.2 Å². The molecule has 6 rings (SSSR count). The van der Waals surface area contributed by atoms with Crippen molar-refractivity contribution in [3.8, 4) is 0 Å². The zero-order valence-corrected chi connectivity index (χ0v) is 16.6. The van der Waals surface area contributed by atoms with E-state index in [1.54, 1.807) is 0 Å². The minimum atomic E-state index is -0.0134. The predicted octanol–water partition coefficient (Wildman–Crippen LogP) is 4.86. The summed E-state index contributed by atoms with van der Waals surface area (Å²) >= 11 is 12.2. The molecule has 26 heavy (non-hydrogen) atoms. The first-order chi connectivity index (χ1) is 12.5. The summed E-state index contributed by atoms with van der Waals surface area (Å²) in [5.41, 5.74) is 1.09. The number of hydrogen-bond donors (Lipinski definition) is 0. The summed E-state index contributed by atoms with van der Waals surface area (Å²) in [6.07, 6.45) is 7.63. The molecular weight excluding hydrogens is 367 g/mol. The normalized spacial score (nSPS) is 35.8. The Bertz CT molecular complexity index is 691. The van der Waals surface area contributed by atoms with Gasteiger partial charge in [0.15, 0.2) is 0 Å². The highest BCUT2D eigenvalue weighted by molar-refractivity contribution is 6.42. The molecule has 140 valence electrons. The lowest BCUT2D eigenvalue weighted by Gasteiger charge is -2.57. The topological polar surface area (TPSA) is 23.6 Å². The number of nitrogens with zero attached hydrogens (tertiary/aromatic N) is 2. The molecule has 0 aromatic heterocycles. The van der Waals surface area contributed by atoms with Crippen molar-refractivity contribution >= 4 is 34.8 Å². The van der Waals surface area contributed by atoms with Gasteiger partial charge in [0.2, 0.25) is 5.91 Å². The van der Waals surface area contributed by atoms with E-state index in [0.717, 1.165) is 68.9 Å². The van der Waals surface area contributed by atoms with E-state index < -0.39 is 0 Å². The molecule has 5 fully saturated rings. The molecular formula is C21H26Cl2N2O. The zero-order chi connectivity index (χ0) is 17.9. The Morgan fingerprint density at radius 2 is 1.46 bits per heavy atom. The van der Waals surface area contributed by atoms with Crippen LogP contribution in [-0.2, 0) is 4.79 Å². The Morgan fingerprint density at radius 1 is 0.885 bits per heavy atom. The van der Waals surface area contributed by atoms with E-state index in [-0.39, 0.29) is 5.41 Å². The van der Waals surface area contributed by atoms with Crippen LogP contribution in [0.15, 0.2) is 18.2 Å². The number of carbonyl (C=O) groups excluding carboxylic acids is 1. The molecule has 1 amide bonds. The van der Waals surface area contributed by atoms with E-state index in [9.17, 15) is 4.79 Å². The molecule has 3 nitrogen and oxygen atoms in total. The second-order valence-corrected chi connectivity index (χ2v) is 9.89. The summed E-state index contributed by atoms with van der Waals surface area (Å²) in [6, 6.07) is 5.80. The van der Waals surface area contributed by atoms with Gasteiger partial charge in [-0.2, -0.15) is 0 Å². The summed E-state index contributed by atoms with van der Waals surface area (Å²) in [7, 11) is 0. The second kappa shape index (κ2) is 6.31. The maximum Gasteiger partial charge on any atom is 0.228 e. The lowest BCUT2D eigenvalue weighted by molar-refractivity contribution is -0.158. The maximum absolute atomic E-state index is 13.5. The van der Waals surface area contributed by atoms with Gasteiger partial charge >= 0.3 is 0 Å². The highest BCUT2D eigenvalue weighted by atomic mass is 35.5. The second-order valence-electron chi connectivity index (χ2n) is 9.08. The minimum Gasteiger partial charge on any atom is -0.368 e. The predicted molar refractivity (Wildman–Crippen MR) is 106 cm³/mol. The fourth-order valence-corrected chi connectivity index (χ4v) is 6.85. The highest BCUT2D eigenvalue weighted by Gasteiger charge is 2.55. The molecule has 0 unspecified atom stereocenters. The van der Waals surface area contributed by atoms with E-state index in [2.05, 4.69) is 9.80 Å². The third-order valence-electron chi connectivity index (χ3n) is 7.33. The third-order valence-corrected chi connectivity index (χ3v) is 8.07. The first kappa shape index (κ1) is 17.2. The van der Waals surface area contributed by atoms with Crippen LogP contribution in [0.3, 0.4) is 0 Å². The van der Waals surface area contributed by atoms with Gasteiger partial charge in [-0.1, -0.05) is 23.2 Å². The Morgan fingerprint density at radius 3 is 2.00 bits per heavy atom. The molecule has 0 N–H and O–H groups in total. The largest absolute Gasteiger partial charge is 0.368 e. The smallest absolute Gasteiger partial charge is 0.228 e. The van der Waals surface area contributed by atoms with Crippen LogP contribution in [0, 0.1) is 23.2 Å². The number of amides is 1. The van der Waals surface area contributed by atoms with E-state index in [0.29, 0.717) is 16.0 Å². The third kappa shape index (κ3) is 2.82. The van der Waals surface area contributed by atoms with E-state index in [1.165, 1.54) is 19.3 Å². The Hall–Kier alpha value is -0.930. The van der Waals surface area contributed by atoms with Gasteiger partial charge in [0.05, 0.1) is 15.5 Å². The quantitative estimate of drug-likeness (QED) is 0.717. The van der Waals surface area contributed by atoms with E-state index in [4.69, 9.17) is 23.2 Å². The molecule has 5 heteroatoms. The number of hydrogen-bond acceptors (Lipinski definition) is 2. The molecule has 0 spiro atoms. The molecule has 1 aliphatic heterocycles. The van der Waals surface area contributed by atoms with Crippen LogP contribution in [0.1, 0.15) is 38.5 Å². The van der Waals surface area contributed by atoms with E-state index in [1.807, 2.05) is 18.2 Å². The standard InChI is InChI=1S/C21H26Cl2N2O/c22-18-2-1-17(10-19(18)23)24-3-5-25(6-4-24)20(26)21-11-14-7-15(12-21)9-16(8-14)13-21/h1-2,10,14-16H,3-9,11-13H2. The molecule has 1 saturated heterocycles. The number of carbonyl (C=O) groups is 1. The Balaban J connectivity index is 1.27. The van der Waals surface area contributed by atoms with Gasteiger partial charge in [-0.3, -0.25) is 4.79 Å². The summed E-state index contributed by atoms with van der Waals surface area (Å²) in [6.45, 7) is 3.38. The summed E-state index contributed by atoms with van der Waals surface area (Å²) in [5.74, 6) is 2.93. The Kier molecular flexibility index (Phi) is 4.17. The highest BCUT2D eigenvalue weighted by Crippen LogP contribution is 2.60. The average Bonchev–Trinajstić information content (AvgIpc) is 2.62. The van der Waals surface area contributed by atoms with Crippen LogP contribution in [-0.4, -0.2) is 37.0 Å². The molecule has 0 atom stereocenters. The summed E-state index contributed by atoms with van der Waals surface area (Å²) in [5, 5.41) is 1.18. The van der Waals surface area contributed by atoms with Crippen LogP contribution < -0.4 is 4.90 Å². The van der Waals surface area contributed by atoms with Crippen molar-refractivity contribution < 1.29 is 4.79 Å². The van der Waals surface area contributed by atoms with Crippen molar-refractivity contribution in [1.82, 2.24) is 4.90 Å². The van der Waals surface area contributed by atoms with E-state index >= 15 is 0 Å². The molecule has 4 bridgehead atoms. The maximum atomic E-state index is 13.5. The van der Waals surface area contributed by atoms with Crippen LogP contribution in [0.4, 0.5) is 5.69 Å². The van der Waals surface area contributed by atoms with Crippen molar-refractivity contribution in [3.05, 3.63) is 28.2 Å². The van der Waals surface area contributed by atoms with Crippen molar-refractivity contribution in [1.29, 1.82) is 0 Å². The van der Waals surface area contributed by atoms with Gasteiger partial charge < -0.3 is 9.80 Å². The SMILES string of the molecule is O=C(N1CCN(c2ccc(Cl)c(Cl)c2)CC1)C12CC3CC(CC(C3)C1)C2. The van der Waals surface area contributed by atoms with Crippen LogP contribution in [0.5, 0.6) is 0 Å². The van der Waals surface area contributed by atoms with Gasteiger partial charge in [-0.05, 0) is 74.5 Å². The Labute approximate surface area is 165 Å². The summed E-state index contributed by atoms with van der Waals surface area (Å²) in [4.78, 5) is 17.9. The van der Waals surface area contributed by atoms with Gasteiger partial charge in [-0.25, -0.2) is 0 Å². The lowest BCUT2D eigenvalue weighted by atomic mass is 9.49. The monoisotopic (exact) mass is 392 g/mol. The summed E-state index contributed by atoms with van der Waals surface area (Å²) < 4.78 is 0. The number of halogens is 2. The molecule has 1 aromatic carbocycles.